The van der Waals surface area contributed by atoms with Gasteiger partial charge in [0.25, 0.3) is 0 Å². The van der Waals surface area contributed by atoms with Crippen molar-refractivity contribution < 1.29 is 9.59 Å². The molecule has 0 unspecified atom stereocenters. The highest BCUT2D eigenvalue weighted by atomic mass is 32.2. The molecule has 1 aromatic carbocycles. The number of urea groups is 1. The second-order valence-electron chi connectivity index (χ2n) is 8.45. The topological polar surface area (TPSA) is 88.9 Å². The zero-order valence-corrected chi connectivity index (χ0v) is 20.8. The van der Waals surface area contributed by atoms with Crippen LogP contribution in [-0.4, -0.2) is 39.0 Å². The maximum atomic E-state index is 12.2. The van der Waals surface area contributed by atoms with Crippen LogP contribution in [0.15, 0.2) is 59.6 Å². The third-order valence-electron chi connectivity index (χ3n) is 4.86. The molecule has 3 rings (SSSR count). The van der Waals surface area contributed by atoms with E-state index in [4.69, 9.17) is 0 Å². The number of hydrogen-bond donors (Lipinski definition) is 2. The molecule has 0 bridgehead atoms. The number of nitrogens with zero attached hydrogens (tertiary/aromatic N) is 3. The molecular formula is C24H29N5O2S2. The molecule has 2 heterocycles. The molecule has 0 radical (unpaired) electrons. The van der Waals surface area contributed by atoms with Crippen LogP contribution in [0.25, 0.3) is 11.4 Å². The van der Waals surface area contributed by atoms with Gasteiger partial charge in [-0.2, -0.15) is 0 Å². The van der Waals surface area contributed by atoms with Crippen molar-refractivity contribution in [1.29, 1.82) is 0 Å². The largest absolute Gasteiger partial charge is 0.337 e. The molecule has 0 saturated heterocycles. The molecule has 174 valence electrons. The molecule has 2 aromatic heterocycles. The maximum Gasteiger partial charge on any atom is 0.321 e. The van der Waals surface area contributed by atoms with E-state index in [0.717, 1.165) is 12.0 Å². The number of imide groups is 1. The van der Waals surface area contributed by atoms with Crippen LogP contribution in [0, 0.1) is 0 Å². The average molecular weight is 484 g/mol. The van der Waals surface area contributed by atoms with E-state index in [2.05, 4.69) is 60.3 Å². The minimum absolute atomic E-state index is 0.0522. The van der Waals surface area contributed by atoms with Gasteiger partial charge in [-0.1, -0.05) is 68.9 Å². The van der Waals surface area contributed by atoms with Gasteiger partial charge < -0.3 is 5.32 Å². The lowest BCUT2D eigenvalue weighted by atomic mass is 9.87. The average Bonchev–Trinajstić information content (AvgIpc) is 3.42. The molecular weight excluding hydrogens is 454 g/mol. The number of aromatic nitrogens is 3. The lowest BCUT2D eigenvalue weighted by Gasteiger charge is -2.19. The van der Waals surface area contributed by atoms with Gasteiger partial charge in [0.05, 0.1) is 5.75 Å². The van der Waals surface area contributed by atoms with Crippen LogP contribution in [0.1, 0.15) is 31.2 Å². The fourth-order valence-corrected chi connectivity index (χ4v) is 4.57. The third kappa shape index (κ3) is 7.03. The van der Waals surface area contributed by atoms with Crippen molar-refractivity contribution in [2.45, 2.75) is 44.3 Å². The molecule has 33 heavy (non-hydrogen) atoms. The third-order valence-corrected chi connectivity index (χ3v) is 6.76. The highest BCUT2D eigenvalue weighted by Crippen LogP contribution is 2.27. The number of allylic oxidation sites excluding steroid dienone is 1. The van der Waals surface area contributed by atoms with Crippen LogP contribution < -0.4 is 10.6 Å². The van der Waals surface area contributed by atoms with E-state index in [9.17, 15) is 9.59 Å². The Morgan fingerprint density at radius 1 is 1.18 bits per heavy atom. The van der Waals surface area contributed by atoms with Gasteiger partial charge in [0.1, 0.15) is 0 Å². The summed E-state index contributed by atoms with van der Waals surface area (Å²) in [7, 11) is 0. The van der Waals surface area contributed by atoms with Crippen molar-refractivity contribution in [1.82, 2.24) is 25.4 Å². The van der Waals surface area contributed by atoms with Crippen molar-refractivity contribution in [3.05, 3.63) is 64.9 Å². The van der Waals surface area contributed by atoms with Crippen molar-refractivity contribution in [3.63, 3.8) is 0 Å². The van der Waals surface area contributed by atoms with Crippen molar-refractivity contribution in [3.8, 4) is 11.4 Å². The fourth-order valence-electron chi connectivity index (χ4n) is 3.11. The van der Waals surface area contributed by atoms with Crippen molar-refractivity contribution in [2.24, 2.45) is 0 Å². The summed E-state index contributed by atoms with van der Waals surface area (Å²) in [5.74, 6) is 0.374. The summed E-state index contributed by atoms with van der Waals surface area (Å²) in [4.78, 5) is 25.4. The molecule has 0 atom stereocenters. The lowest BCUT2D eigenvalue weighted by molar-refractivity contribution is -0.117. The predicted molar refractivity (Wildman–Crippen MR) is 135 cm³/mol. The molecule has 9 heteroatoms. The fraction of sp³-hybridized carbons (Fsp3) is 0.333. The Hall–Kier alpha value is -2.91. The Labute approximate surface area is 202 Å². The number of nitrogens with one attached hydrogen (secondary N) is 2. The summed E-state index contributed by atoms with van der Waals surface area (Å²) in [6.45, 7) is 11.3. The minimum atomic E-state index is -0.496. The highest BCUT2D eigenvalue weighted by molar-refractivity contribution is 7.99. The van der Waals surface area contributed by atoms with Crippen LogP contribution in [-0.2, 0) is 23.2 Å². The zero-order chi connectivity index (χ0) is 23.8. The van der Waals surface area contributed by atoms with E-state index in [0.29, 0.717) is 24.1 Å². The molecule has 3 amide bonds. The normalized spacial score (nSPS) is 11.2. The molecule has 0 saturated carbocycles. The Kier molecular flexibility index (Phi) is 8.46. The summed E-state index contributed by atoms with van der Waals surface area (Å²) in [5.41, 5.74) is 2.25. The first-order chi connectivity index (χ1) is 15.8. The molecule has 0 spiro atoms. The first kappa shape index (κ1) is 24.7. The number of hydrogen-bond acceptors (Lipinski definition) is 6. The molecule has 3 aromatic rings. The first-order valence-electron chi connectivity index (χ1n) is 10.7. The second kappa shape index (κ2) is 11.3. The summed E-state index contributed by atoms with van der Waals surface area (Å²) < 4.78 is 1.91. The van der Waals surface area contributed by atoms with Crippen LogP contribution in [0.3, 0.4) is 0 Å². The van der Waals surface area contributed by atoms with Gasteiger partial charge in [-0.05, 0) is 28.8 Å². The van der Waals surface area contributed by atoms with Gasteiger partial charge in [0.2, 0.25) is 5.91 Å². The number of thioether (sulfide) groups is 1. The highest BCUT2D eigenvalue weighted by Gasteiger charge is 2.18. The van der Waals surface area contributed by atoms with Gasteiger partial charge in [0.15, 0.2) is 11.0 Å². The van der Waals surface area contributed by atoms with Crippen molar-refractivity contribution >= 4 is 35.0 Å². The van der Waals surface area contributed by atoms with Crippen LogP contribution >= 0.6 is 23.1 Å². The van der Waals surface area contributed by atoms with E-state index in [1.165, 1.54) is 22.2 Å². The smallest absolute Gasteiger partial charge is 0.321 e. The second-order valence-corrected chi connectivity index (χ2v) is 10.4. The lowest BCUT2D eigenvalue weighted by Crippen LogP contribution is -2.41. The zero-order valence-electron chi connectivity index (χ0n) is 19.1. The van der Waals surface area contributed by atoms with Gasteiger partial charge in [-0.15, -0.1) is 28.1 Å². The van der Waals surface area contributed by atoms with Gasteiger partial charge >= 0.3 is 6.03 Å². The number of carbonyl (C=O) groups is 2. The van der Waals surface area contributed by atoms with Crippen LogP contribution in [0.5, 0.6) is 0 Å². The van der Waals surface area contributed by atoms with Gasteiger partial charge in [-0.3, -0.25) is 14.7 Å². The Balaban J connectivity index is 1.57. The quantitative estimate of drug-likeness (QED) is 0.342. The summed E-state index contributed by atoms with van der Waals surface area (Å²) >= 11 is 2.87. The number of thiophene rings is 1. The molecule has 0 aliphatic heterocycles. The van der Waals surface area contributed by atoms with E-state index in [1.807, 2.05) is 34.2 Å². The molecule has 0 aliphatic carbocycles. The maximum absolute atomic E-state index is 12.2. The Morgan fingerprint density at radius 3 is 2.58 bits per heavy atom. The molecule has 7 nitrogen and oxygen atoms in total. The molecule has 2 N–H and O–H groups in total. The first-order valence-corrected chi connectivity index (χ1v) is 12.5. The summed E-state index contributed by atoms with van der Waals surface area (Å²) in [6, 6.07) is 11.7. The number of rotatable bonds is 9. The number of amides is 3. The SMILES string of the molecule is C=CCn1c(SCC(=O)NC(=O)NCCc2cccs2)nnc1-c1ccc(C(C)(C)C)cc1. The predicted octanol–water partition coefficient (Wildman–Crippen LogP) is 4.65. The van der Waals surface area contributed by atoms with E-state index in [1.54, 1.807) is 17.4 Å². The van der Waals surface area contributed by atoms with Crippen LogP contribution in [0.4, 0.5) is 4.79 Å². The monoisotopic (exact) mass is 483 g/mol. The summed E-state index contributed by atoms with van der Waals surface area (Å²) in [6.07, 6.45) is 2.50. The molecule has 0 fully saturated rings. The van der Waals surface area contributed by atoms with Gasteiger partial charge in [0, 0.05) is 23.5 Å². The minimum Gasteiger partial charge on any atom is -0.337 e. The van der Waals surface area contributed by atoms with Crippen LogP contribution in [0.2, 0.25) is 0 Å². The van der Waals surface area contributed by atoms with E-state index in [-0.39, 0.29) is 11.2 Å². The van der Waals surface area contributed by atoms with Crippen molar-refractivity contribution in [2.75, 3.05) is 12.3 Å². The number of benzene rings is 1. The number of carbonyl (C=O) groups excluding carboxylic acids is 2. The summed E-state index contributed by atoms with van der Waals surface area (Å²) in [5, 5.41) is 16.2. The van der Waals surface area contributed by atoms with E-state index >= 15 is 0 Å². The molecule has 0 aliphatic rings. The Morgan fingerprint density at radius 2 is 1.94 bits per heavy atom. The standard InChI is InChI=1S/C24H29N5O2S2/c1-5-14-29-21(17-8-10-18(11-9-17)24(2,3)4)27-28-23(29)33-16-20(30)26-22(31)25-13-12-19-7-6-15-32-19/h5-11,15H,1,12-14,16H2,2-4H3,(H2,25,26,30,31). The van der Waals surface area contributed by atoms with E-state index < -0.39 is 11.9 Å². The Bertz CT molecular complexity index is 1080. The van der Waals surface area contributed by atoms with Gasteiger partial charge in [-0.25, -0.2) is 4.79 Å².